The molecular formula is C8H14N2O2. The van der Waals surface area contributed by atoms with Crippen molar-refractivity contribution in [2.45, 2.75) is 19.9 Å². The molecule has 2 amide bonds. The fourth-order valence-corrected chi connectivity index (χ4v) is 1.40. The van der Waals surface area contributed by atoms with E-state index in [0.29, 0.717) is 0 Å². The van der Waals surface area contributed by atoms with Crippen molar-refractivity contribution in [3.63, 3.8) is 0 Å². The van der Waals surface area contributed by atoms with Crippen LogP contribution in [-0.2, 0) is 9.59 Å². The van der Waals surface area contributed by atoms with Gasteiger partial charge in [-0.25, -0.2) is 0 Å². The molecule has 0 aromatic heterocycles. The summed E-state index contributed by atoms with van der Waals surface area (Å²) in [4.78, 5) is 22.3. The van der Waals surface area contributed by atoms with Crippen molar-refractivity contribution in [2.24, 2.45) is 11.8 Å². The summed E-state index contributed by atoms with van der Waals surface area (Å²) in [6.45, 7) is 3.74. The van der Waals surface area contributed by atoms with Gasteiger partial charge in [-0.3, -0.25) is 9.59 Å². The first-order chi connectivity index (χ1) is 5.57. The molecule has 4 heteroatoms. The molecule has 0 aromatic carbocycles. The highest BCUT2D eigenvalue weighted by molar-refractivity contribution is 5.92. The number of hydrogen-bond acceptors (Lipinski definition) is 2. The first-order valence-electron chi connectivity index (χ1n) is 4.10. The number of carbonyl (C=O) groups excluding carboxylic acids is 2. The van der Waals surface area contributed by atoms with Crippen molar-refractivity contribution in [3.8, 4) is 0 Å². The first-order valence-corrected chi connectivity index (χ1v) is 4.10. The summed E-state index contributed by atoms with van der Waals surface area (Å²) >= 11 is 0. The Balaban J connectivity index is 2.70. The minimum Gasteiger partial charge on any atom is -0.357 e. The Bertz CT molecular complexity index is 215. The molecule has 0 saturated carbocycles. The third-order valence-electron chi connectivity index (χ3n) is 2.55. The largest absolute Gasteiger partial charge is 0.357 e. The van der Waals surface area contributed by atoms with Crippen LogP contribution in [0.5, 0.6) is 0 Å². The molecule has 0 aliphatic carbocycles. The third kappa shape index (κ3) is 1.29. The van der Waals surface area contributed by atoms with E-state index in [4.69, 9.17) is 0 Å². The van der Waals surface area contributed by atoms with Gasteiger partial charge in [0.15, 0.2) is 0 Å². The molecule has 0 aromatic rings. The van der Waals surface area contributed by atoms with E-state index in [1.165, 1.54) is 0 Å². The van der Waals surface area contributed by atoms with Gasteiger partial charge in [-0.05, 0) is 5.92 Å². The molecular weight excluding hydrogens is 156 g/mol. The quantitative estimate of drug-likeness (QED) is 0.557. The summed E-state index contributed by atoms with van der Waals surface area (Å²) in [7, 11) is 1.57. The van der Waals surface area contributed by atoms with Crippen LogP contribution >= 0.6 is 0 Å². The zero-order valence-electron chi connectivity index (χ0n) is 7.55. The highest BCUT2D eigenvalue weighted by Gasteiger charge is 2.39. The van der Waals surface area contributed by atoms with Crippen LogP contribution in [0.1, 0.15) is 13.8 Å². The van der Waals surface area contributed by atoms with Gasteiger partial charge in [0, 0.05) is 13.0 Å². The standard InChI is InChI=1S/C8H14N2O2/c1-4-5(2)7(11)10-6(4)8(12)9-3/h4-6H,1-3H3,(H,9,12)(H,10,11)/t4-,5+,6-/m0/s1. The highest BCUT2D eigenvalue weighted by Crippen LogP contribution is 2.22. The van der Waals surface area contributed by atoms with E-state index in [1.54, 1.807) is 7.05 Å². The lowest BCUT2D eigenvalue weighted by Gasteiger charge is -2.13. The van der Waals surface area contributed by atoms with Crippen LogP contribution < -0.4 is 10.6 Å². The number of nitrogens with one attached hydrogen (secondary N) is 2. The summed E-state index contributed by atoms with van der Waals surface area (Å²) in [5.41, 5.74) is 0. The number of carbonyl (C=O) groups is 2. The van der Waals surface area contributed by atoms with Crippen LogP contribution in [-0.4, -0.2) is 24.9 Å². The van der Waals surface area contributed by atoms with Crippen LogP contribution in [0.15, 0.2) is 0 Å². The van der Waals surface area contributed by atoms with Gasteiger partial charge in [-0.1, -0.05) is 13.8 Å². The van der Waals surface area contributed by atoms with Gasteiger partial charge in [0.05, 0.1) is 0 Å². The molecule has 0 bridgehead atoms. The van der Waals surface area contributed by atoms with Crippen LogP contribution in [0.2, 0.25) is 0 Å². The summed E-state index contributed by atoms with van der Waals surface area (Å²) in [5, 5.41) is 5.18. The molecule has 1 aliphatic heterocycles. The van der Waals surface area contributed by atoms with E-state index in [9.17, 15) is 9.59 Å². The maximum Gasteiger partial charge on any atom is 0.242 e. The van der Waals surface area contributed by atoms with Crippen molar-refractivity contribution >= 4 is 11.8 Å². The average molecular weight is 170 g/mol. The molecule has 2 N–H and O–H groups in total. The molecule has 0 spiro atoms. The summed E-state index contributed by atoms with van der Waals surface area (Å²) in [6.07, 6.45) is 0. The van der Waals surface area contributed by atoms with Crippen LogP contribution in [0.3, 0.4) is 0 Å². The molecule has 1 fully saturated rings. The fraction of sp³-hybridized carbons (Fsp3) is 0.750. The zero-order valence-corrected chi connectivity index (χ0v) is 7.55. The Kier molecular flexibility index (Phi) is 2.35. The van der Waals surface area contributed by atoms with Gasteiger partial charge in [-0.15, -0.1) is 0 Å². The first kappa shape index (κ1) is 9.03. The lowest BCUT2D eigenvalue weighted by atomic mass is 9.93. The van der Waals surface area contributed by atoms with E-state index in [1.807, 2.05) is 13.8 Å². The van der Waals surface area contributed by atoms with E-state index >= 15 is 0 Å². The minimum atomic E-state index is -0.350. The summed E-state index contributed by atoms with van der Waals surface area (Å²) < 4.78 is 0. The van der Waals surface area contributed by atoms with Crippen molar-refractivity contribution < 1.29 is 9.59 Å². The zero-order chi connectivity index (χ0) is 9.30. The lowest BCUT2D eigenvalue weighted by molar-refractivity contribution is -0.126. The predicted molar refractivity (Wildman–Crippen MR) is 44.3 cm³/mol. The lowest BCUT2D eigenvalue weighted by Crippen LogP contribution is -2.42. The topological polar surface area (TPSA) is 58.2 Å². The Morgan fingerprint density at radius 2 is 2.08 bits per heavy atom. The smallest absolute Gasteiger partial charge is 0.242 e. The number of amides is 2. The number of rotatable bonds is 1. The van der Waals surface area contributed by atoms with Crippen LogP contribution in [0.4, 0.5) is 0 Å². The average Bonchev–Trinajstić information content (AvgIpc) is 2.32. The molecule has 12 heavy (non-hydrogen) atoms. The Labute approximate surface area is 71.7 Å². The second-order valence-electron chi connectivity index (χ2n) is 3.25. The molecule has 1 rings (SSSR count). The molecule has 4 nitrogen and oxygen atoms in total. The van der Waals surface area contributed by atoms with E-state index in [0.717, 1.165) is 0 Å². The Hall–Kier alpha value is -1.06. The van der Waals surface area contributed by atoms with Gasteiger partial charge >= 0.3 is 0 Å². The van der Waals surface area contributed by atoms with Crippen molar-refractivity contribution in [1.29, 1.82) is 0 Å². The highest BCUT2D eigenvalue weighted by atomic mass is 16.2. The second kappa shape index (κ2) is 3.13. The van der Waals surface area contributed by atoms with Crippen LogP contribution in [0.25, 0.3) is 0 Å². The molecule has 68 valence electrons. The molecule has 0 radical (unpaired) electrons. The van der Waals surface area contributed by atoms with Crippen molar-refractivity contribution in [2.75, 3.05) is 7.05 Å². The number of likely N-dealkylation sites (N-methyl/N-ethyl adjacent to an activating group) is 1. The minimum absolute atomic E-state index is 0.0314. The van der Waals surface area contributed by atoms with E-state index < -0.39 is 0 Å². The van der Waals surface area contributed by atoms with Gasteiger partial charge in [0.2, 0.25) is 11.8 Å². The SMILES string of the molecule is CNC(=O)[C@H]1NC(=O)[C@H](C)[C@@H]1C. The Morgan fingerprint density at radius 3 is 2.42 bits per heavy atom. The third-order valence-corrected chi connectivity index (χ3v) is 2.55. The molecule has 1 aliphatic rings. The number of hydrogen-bond donors (Lipinski definition) is 2. The van der Waals surface area contributed by atoms with Crippen LogP contribution in [0, 0.1) is 11.8 Å². The van der Waals surface area contributed by atoms with Gasteiger partial charge in [0.1, 0.15) is 6.04 Å². The molecule has 3 atom stereocenters. The maximum absolute atomic E-state index is 11.2. The predicted octanol–water partition coefficient (Wildman–Crippen LogP) is -0.497. The second-order valence-corrected chi connectivity index (χ2v) is 3.25. The summed E-state index contributed by atoms with van der Waals surface area (Å²) in [6, 6.07) is -0.350. The van der Waals surface area contributed by atoms with Crippen molar-refractivity contribution in [1.82, 2.24) is 10.6 Å². The van der Waals surface area contributed by atoms with Gasteiger partial charge < -0.3 is 10.6 Å². The fourth-order valence-electron chi connectivity index (χ4n) is 1.40. The normalized spacial score (nSPS) is 34.6. The van der Waals surface area contributed by atoms with E-state index in [-0.39, 0.29) is 29.7 Å². The van der Waals surface area contributed by atoms with Gasteiger partial charge in [-0.2, -0.15) is 0 Å². The monoisotopic (exact) mass is 170 g/mol. The summed E-state index contributed by atoms with van der Waals surface area (Å²) in [5.74, 6) is -0.124. The maximum atomic E-state index is 11.2. The molecule has 0 unspecified atom stereocenters. The Morgan fingerprint density at radius 1 is 1.50 bits per heavy atom. The van der Waals surface area contributed by atoms with E-state index in [2.05, 4.69) is 10.6 Å². The van der Waals surface area contributed by atoms with Crippen molar-refractivity contribution in [3.05, 3.63) is 0 Å². The van der Waals surface area contributed by atoms with Gasteiger partial charge in [0.25, 0.3) is 0 Å². The molecule has 1 saturated heterocycles. The molecule has 1 heterocycles.